The molecule has 1 aliphatic heterocycles. The zero-order chi connectivity index (χ0) is 40.8. The number of thiophene rings is 1. The van der Waals surface area contributed by atoms with Crippen molar-refractivity contribution in [1.82, 2.24) is 30.2 Å². The van der Waals surface area contributed by atoms with E-state index in [1.807, 2.05) is 0 Å². The first kappa shape index (κ1) is 45.0. The first-order valence-electron chi connectivity index (χ1n) is 15.7. The highest BCUT2D eigenvalue weighted by Gasteiger charge is 2.50. The lowest BCUT2D eigenvalue weighted by atomic mass is 9.87. The Kier molecular flexibility index (Phi) is 15.3. The molecule has 1 aliphatic rings. The van der Waals surface area contributed by atoms with E-state index in [-0.39, 0.29) is 41.6 Å². The van der Waals surface area contributed by atoms with E-state index in [9.17, 15) is 57.9 Å². The van der Waals surface area contributed by atoms with Crippen molar-refractivity contribution in [2.24, 2.45) is 5.41 Å². The first-order chi connectivity index (χ1) is 25.6. The van der Waals surface area contributed by atoms with Crippen LogP contribution in [0.1, 0.15) is 36.9 Å². The van der Waals surface area contributed by atoms with Gasteiger partial charge in [0.2, 0.25) is 16.9 Å². The van der Waals surface area contributed by atoms with Crippen LogP contribution in [0.3, 0.4) is 0 Å². The monoisotopic (exact) mass is 877 g/mol. The van der Waals surface area contributed by atoms with Crippen LogP contribution in [0.5, 0.6) is 0 Å². The topological polar surface area (TPSA) is 364 Å². The van der Waals surface area contributed by atoms with Gasteiger partial charge in [0.1, 0.15) is 36.3 Å². The SMILES string of the molecule is CC(C)(COP(=O)(O)OP(=O)(O)OC[C@H]1O[C@@H](n2cnc3c(N)ncnc32)[C@H](O)[C@@H]1OP(=O)(O)O)[C@@H](O)C(=O)NCCC(=O)NCCSC(=O)c1ccsc1. The van der Waals surface area contributed by atoms with E-state index in [1.54, 1.807) is 16.8 Å². The van der Waals surface area contributed by atoms with Crippen molar-refractivity contribution in [3.8, 4) is 0 Å². The highest BCUT2D eigenvalue weighted by Crippen LogP contribution is 2.61. The van der Waals surface area contributed by atoms with Gasteiger partial charge in [-0.1, -0.05) is 25.6 Å². The van der Waals surface area contributed by atoms with E-state index in [4.69, 9.17) is 19.5 Å². The number of aliphatic hydroxyl groups is 2. The molecule has 2 unspecified atom stereocenters. The Bertz CT molecular complexity index is 1970. The number of nitrogen functional groups attached to an aromatic ring is 1. The summed E-state index contributed by atoms with van der Waals surface area (Å²) in [6.45, 7) is 0.469. The van der Waals surface area contributed by atoms with E-state index in [2.05, 4.69) is 34.4 Å². The summed E-state index contributed by atoms with van der Waals surface area (Å²) in [5.41, 5.74) is 4.82. The third-order valence-electron chi connectivity index (χ3n) is 7.49. The molecule has 1 saturated heterocycles. The summed E-state index contributed by atoms with van der Waals surface area (Å²) in [5, 5.41) is 29.7. The summed E-state index contributed by atoms with van der Waals surface area (Å²) in [6, 6.07) is 1.69. The summed E-state index contributed by atoms with van der Waals surface area (Å²) >= 11 is 2.42. The highest BCUT2D eigenvalue weighted by atomic mass is 32.2. The maximum atomic E-state index is 12.7. The number of aromatic nitrogens is 4. The van der Waals surface area contributed by atoms with E-state index in [1.165, 1.54) is 25.2 Å². The zero-order valence-corrected chi connectivity index (χ0v) is 33.0. The Morgan fingerprint density at radius 1 is 1.09 bits per heavy atom. The molecular weight excluding hydrogens is 839 g/mol. The number of hydrogen-bond donors (Lipinski definition) is 9. The number of hydrogen-bond acceptors (Lipinski definition) is 19. The maximum Gasteiger partial charge on any atom is 0.481 e. The maximum absolute atomic E-state index is 12.7. The Morgan fingerprint density at radius 2 is 1.80 bits per heavy atom. The van der Waals surface area contributed by atoms with Crippen LogP contribution in [-0.2, 0) is 45.9 Å². The summed E-state index contributed by atoms with van der Waals surface area (Å²) in [7, 11) is -16.4. The molecule has 0 bridgehead atoms. The van der Waals surface area contributed by atoms with Crippen LogP contribution < -0.4 is 16.4 Å². The van der Waals surface area contributed by atoms with Crippen molar-refractivity contribution in [1.29, 1.82) is 0 Å². The fourth-order valence-corrected chi connectivity index (χ4v) is 8.96. The molecule has 306 valence electrons. The number of aliphatic hydroxyl groups excluding tert-OH is 2. The molecule has 4 rings (SSSR count). The predicted molar refractivity (Wildman–Crippen MR) is 191 cm³/mol. The van der Waals surface area contributed by atoms with Crippen molar-refractivity contribution < 1.29 is 80.5 Å². The van der Waals surface area contributed by atoms with Crippen LogP contribution in [0, 0.1) is 5.41 Å². The lowest BCUT2D eigenvalue weighted by Gasteiger charge is -2.30. The number of nitrogens with zero attached hydrogens (tertiary/aromatic N) is 4. The average molecular weight is 878 g/mol. The van der Waals surface area contributed by atoms with Gasteiger partial charge in [0.25, 0.3) is 0 Å². The molecule has 29 heteroatoms. The van der Waals surface area contributed by atoms with Gasteiger partial charge in [-0.3, -0.25) is 32.5 Å². The van der Waals surface area contributed by atoms with Gasteiger partial charge in [-0.05, 0) is 11.4 Å². The van der Waals surface area contributed by atoms with Gasteiger partial charge < -0.3 is 50.9 Å². The molecule has 4 heterocycles. The molecule has 24 nitrogen and oxygen atoms in total. The highest BCUT2D eigenvalue weighted by molar-refractivity contribution is 8.14. The van der Waals surface area contributed by atoms with Gasteiger partial charge in [-0.2, -0.15) is 15.6 Å². The van der Waals surface area contributed by atoms with Gasteiger partial charge in [0.05, 0.1) is 19.5 Å². The van der Waals surface area contributed by atoms with Crippen molar-refractivity contribution in [2.75, 3.05) is 37.8 Å². The van der Waals surface area contributed by atoms with Crippen LogP contribution in [0.25, 0.3) is 11.2 Å². The van der Waals surface area contributed by atoms with E-state index in [0.717, 1.165) is 29.0 Å². The molecule has 1 fully saturated rings. The minimum atomic E-state index is -5.57. The van der Waals surface area contributed by atoms with Gasteiger partial charge >= 0.3 is 23.5 Å². The Morgan fingerprint density at radius 3 is 2.47 bits per heavy atom. The third kappa shape index (κ3) is 12.9. The number of rotatable bonds is 20. The second-order valence-electron chi connectivity index (χ2n) is 12.2. The number of nitrogens with one attached hydrogen (secondary N) is 2. The number of imidazole rings is 1. The largest absolute Gasteiger partial charge is 0.481 e. The van der Waals surface area contributed by atoms with Gasteiger partial charge in [-0.25, -0.2) is 28.6 Å². The molecule has 3 aromatic heterocycles. The molecule has 0 spiro atoms. The zero-order valence-electron chi connectivity index (χ0n) is 28.7. The Balaban J connectivity index is 1.24. The predicted octanol–water partition coefficient (Wildman–Crippen LogP) is 0.0400. The fraction of sp³-hybridized carbons (Fsp3) is 0.538. The minimum absolute atomic E-state index is 0.0298. The number of thioether (sulfide) groups is 1. The van der Waals surface area contributed by atoms with Gasteiger partial charge in [0, 0.05) is 41.6 Å². The van der Waals surface area contributed by atoms with Crippen molar-refractivity contribution in [3.63, 3.8) is 0 Å². The van der Waals surface area contributed by atoms with Crippen LogP contribution >= 0.6 is 46.6 Å². The number of carbonyl (C=O) groups is 3. The molecule has 2 amide bonds. The lowest BCUT2D eigenvalue weighted by Crippen LogP contribution is -2.46. The number of anilines is 1. The standard InChI is InChI=1S/C26H38N7O17P3S2/c1-26(2,20(36)23(37)29-5-3-16(34)28-6-8-55-25(38)14-4-7-54-10-14)11-47-53(44,45)50-52(42,43)46-9-15-19(49-51(39,40)41)18(35)24(48-15)33-13-32-17-21(27)30-12-31-22(17)33/h4,7,10,12-13,15,18-20,24,35-36H,3,5-6,8-9,11H2,1-2H3,(H,28,34)(H,29,37)(H,42,43)(H,44,45)(H2,27,30,31)(H2,39,40,41)/t15-,18-,19-,20+,24-/m1/s1. The summed E-state index contributed by atoms with van der Waals surface area (Å²) in [4.78, 5) is 87.5. The van der Waals surface area contributed by atoms with Gasteiger partial charge in [-0.15, -0.1) is 0 Å². The van der Waals surface area contributed by atoms with E-state index < -0.39 is 84.6 Å². The number of fused-ring (bicyclic) bond motifs is 1. The van der Waals surface area contributed by atoms with E-state index in [0.29, 0.717) is 11.3 Å². The van der Waals surface area contributed by atoms with Crippen LogP contribution in [0.4, 0.5) is 5.82 Å². The average Bonchev–Trinajstić information content (AvgIpc) is 3.84. The van der Waals surface area contributed by atoms with Crippen molar-refractivity contribution >= 4 is 80.5 Å². The van der Waals surface area contributed by atoms with Crippen molar-refractivity contribution in [3.05, 3.63) is 35.0 Å². The smallest absolute Gasteiger partial charge is 0.386 e. The second-order valence-corrected chi connectivity index (χ2v) is 18.3. The quantitative estimate of drug-likeness (QED) is 0.0534. The molecule has 3 aromatic rings. The van der Waals surface area contributed by atoms with Crippen LogP contribution in [-0.4, -0.2) is 123 Å². The molecule has 0 aliphatic carbocycles. The summed E-state index contributed by atoms with van der Waals surface area (Å²) in [5.74, 6) is -1.14. The summed E-state index contributed by atoms with van der Waals surface area (Å²) < 4.78 is 62.0. The molecular formula is C26H38N7O17P3S2. The molecule has 0 radical (unpaired) electrons. The molecule has 0 saturated carbocycles. The Labute approximate surface area is 319 Å². The molecule has 10 N–H and O–H groups in total. The number of ether oxygens (including phenoxy) is 1. The number of phosphoric acid groups is 3. The van der Waals surface area contributed by atoms with Crippen LogP contribution in [0.15, 0.2) is 29.5 Å². The van der Waals surface area contributed by atoms with Crippen LogP contribution in [0.2, 0.25) is 0 Å². The molecule has 55 heavy (non-hydrogen) atoms. The minimum Gasteiger partial charge on any atom is -0.386 e. The van der Waals surface area contributed by atoms with Crippen molar-refractivity contribution in [2.45, 2.75) is 50.9 Å². The second kappa shape index (κ2) is 18.7. The normalized spacial score (nSPS) is 21.8. The molecule has 0 aromatic carbocycles. The number of phosphoric ester groups is 3. The fourth-order valence-electron chi connectivity index (χ4n) is 4.74. The van der Waals surface area contributed by atoms with E-state index >= 15 is 0 Å². The lowest BCUT2D eigenvalue weighted by molar-refractivity contribution is -0.137. The molecule has 7 atom stereocenters. The summed E-state index contributed by atoms with van der Waals surface area (Å²) in [6.07, 6.45) is -6.92. The third-order valence-corrected chi connectivity index (χ3v) is 12.2. The first-order valence-corrected chi connectivity index (χ1v) is 22.1. The Hall–Kier alpha value is -2.74. The number of amides is 2. The number of carbonyl (C=O) groups excluding carboxylic acids is 3. The number of nitrogens with two attached hydrogens (primary N) is 1. The van der Waals surface area contributed by atoms with Gasteiger partial charge in [0.15, 0.2) is 17.7 Å².